The third-order valence-electron chi connectivity index (χ3n) is 4.21. The van der Waals surface area contributed by atoms with Gasteiger partial charge in [0.25, 0.3) is 0 Å². The molecule has 1 atom stereocenters. The number of halogens is 3. The lowest BCUT2D eigenvalue weighted by Crippen LogP contribution is -2.40. The van der Waals surface area contributed by atoms with Crippen LogP contribution in [0.15, 0.2) is 47.3 Å². The van der Waals surface area contributed by atoms with Crippen molar-refractivity contribution in [3.05, 3.63) is 63.8 Å². The summed E-state index contributed by atoms with van der Waals surface area (Å²) in [5.74, 6) is -2.98. The SMILES string of the molecule is NC(C(=O)O)C(=O)c1c(O)sc2ccc(-c3ccccc3C(F)(F)F)cc2c1=O. The molecule has 2 aromatic carbocycles. The molecule has 0 bridgehead atoms. The Kier molecular flexibility index (Phi) is 5.16. The molecule has 6 nitrogen and oxygen atoms in total. The summed E-state index contributed by atoms with van der Waals surface area (Å²) in [7, 11) is 0. The van der Waals surface area contributed by atoms with E-state index in [0.29, 0.717) is 11.3 Å². The van der Waals surface area contributed by atoms with Crippen molar-refractivity contribution < 1.29 is 33.0 Å². The lowest BCUT2D eigenvalue weighted by Gasteiger charge is -2.13. The van der Waals surface area contributed by atoms with Gasteiger partial charge >= 0.3 is 12.1 Å². The van der Waals surface area contributed by atoms with Crippen molar-refractivity contribution in [2.75, 3.05) is 0 Å². The van der Waals surface area contributed by atoms with Crippen molar-refractivity contribution in [3.8, 4) is 16.2 Å². The van der Waals surface area contributed by atoms with Gasteiger partial charge in [-0.3, -0.25) is 14.4 Å². The standard InChI is InChI=1S/C19H12F3NO5S/c20-19(21,22)11-4-2-1-3-9(11)8-5-6-12-10(7-8)15(24)13(18(28)29-12)16(25)14(23)17(26)27/h1-7,14,28H,23H2,(H,26,27). The fourth-order valence-corrected chi connectivity index (χ4v) is 3.72. The van der Waals surface area contributed by atoms with E-state index in [0.717, 1.165) is 6.07 Å². The van der Waals surface area contributed by atoms with Gasteiger partial charge in [-0.25, -0.2) is 0 Å². The highest BCUT2D eigenvalue weighted by Gasteiger charge is 2.33. The van der Waals surface area contributed by atoms with Crippen LogP contribution in [0, 0.1) is 0 Å². The molecule has 29 heavy (non-hydrogen) atoms. The first-order chi connectivity index (χ1) is 13.5. The van der Waals surface area contributed by atoms with Crippen molar-refractivity contribution in [1.82, 2.24) is 0 Å². The van der Waals surface area contributed by atoms with E-state index in [-0.39, 0.29) is 21.2 Å². The minimum absolute atomic E-state index is 0.0707. The molecule has 10 heteroatoms. The number of rotatable bonds is 4. The first kappa shape index (κ1) is 20.5. The molecule has 0 fully saturated rings. The fourth-order valence-electron chi connectivity index (χ4n) is 2.82. The smallest absolute Gasteiger partial charge is 0.417 e. The Balaban J connectivity index is 2.26. The molecule has 0 aliphatic heterocycles. The predicted octanol–water partition coefficient (Wildman–Crippen LogP) is 3.25. The van der Waals surface area contributed by atoms with Gasteiger partial charge in [-0.15, -0.1) is 0 Å². The van der Waals surface area contributed by atoms with Gasteiger partial charge in [0.2, 0.25) is 5.43 Å². The number of carbonyl (C=O) groups is 2. The van der Waals surface area contributed by atoms with Gasteiger partial charge in [0.15, 0.2) is 16.9 Å². The molecule has 3 aromatic rings. The predicted molar refractivity (Wildman–Crippen MR) is 100 cm³/mol. The molecule has 0 radical (unpaired) electrons. The maximum atomic E-state index is 13.3. The number of carbonyl (C=O) groups excluding carboxylic acids is 1. The van der Waals surface area contributed by atoms with E-state index in [2.05, 4.69) is 0 Å². The molecule has 0 spiro atoms. The van der Waals surface area contributed by atoms with Gasteiger partial charge in [-0.1, -0.05) is 35.6 Å². The zero-order chi connectivity index (χ0) is 21.5. The molecular formula is C19H12F3NO5S. The Morgan fingerprint density at radius 3 is 2.38 bits per heavy atom. The second-order valence-electron chi connectivity index (χ2n) is 6.05. The number of ketones is 1. The van der Waals surface area contributed by atoms with Crippen molar-refractivity contribution in [2.45, 2.75) is 12.2 Å². The molecule has 0 aliphatic rings. The number of alkyl halides is 3. The van der Waals surface area contributed by atoms with E-state index in [1.54, 1.807) is 0 Å². The molecule has 0 saturated carbocycles. The Morgan fingerprint density at radius 2 is 1.76 bits per heavy atom. The average molecular weight is 423 g/mol. The third kappa shape index (κ3) is 3.71. The number of Topliss-reactive ketones (excluding diaryl/α,β-unsaturated/α-hetero) is 1. The molecule has 1 heterocycles. The quantitative estimate of drug-likeness (QED) is 0.438. The summed E-state index contributed by atoms with van der Waals surface area (Å²) in [4.78, 5) is 35.9. The number of hydrogen-bond donors (Lipinski definition) is 3. The van der Waals surface area contributed by atoms with Crippen LogP contribution in [-0.4, -0.2) is 28.0 Å². The third-order valence-corrected chi connectivity index (χ3v) is 5.18. The van der Waals surface area contributed by atoms with Crippen molar-refractivity contribution in [1.29, 1.82) is 0 Å². The van der Waals surface area contributed by atoms with Gasteiger partial charge < -0.3 is 15.9 Å². The number of hydrogen-bond acceptors (Lipinski definition) is 6. The topological polar surface area (TPSA) is 118 Å². The molecule has 0 aliphatic carbocycles. The maximum Gasteiger partial charge on any atom is 0.417 e. The molecule has 150 valence electrons. The second kappa shape index (κ2) is 7.30. The molecule has 0 amide bonds. The normalized spacial score (nSPS) is 12.7. The number of carboxylic acid groups (broad SMARTS) is 1. The van der Waals surface area contributed by atoms with Crippen LogP contribution in [0.1, 0.15) is 15.9 Å². The maximum absolute atomic E-state index is 13.3. The molecule has 4 N–H and O–H groups in total. The molecular weight excluding hydrogens is 411 g/mol. The van der Waals surface area contributed by atoms with Crippen molar-refractivity contribution in [3.63, 3.8) is 0 Å². The van der Waals surface area contributed by atoms with Crippen LogP contribution in [0.25, 0.3) is 21.2 Å². The monoisotopic (exact) mass is 423 g/mol. The highest BCUT2D eigenvalue weighted by molar-refractivity contribution is 7.20. The Labute approximate surface area is 164 Å². The number of fused-ring (bicyclic) bond motifs is 1. The highest BCUT2D eigenvalue weighted by atomic mass is 32.1. The van der Waals surface area contributed by atoms with Gasteiger partial charge in [-0.05, 0) is 29.3 Å². The molecule has 1 unspecified atom stereocenters. The van der Waals surface area contributed by atoms with Crippen LogP contribution in [0.3, 0.4) is 0 Å². The summed E-state index contributed by atoms with van der Waals surface area (Å²) in [6.45, 7) is 0. The minimum Gasteiger partial charge on any atom is -0.499 e. The zero-order valence-corrected chi connectivity index (χ0v) is 15.2. The minimum atomic E-state index is -4.63. The van der Waals surface area contributed by atoms with Gasteiger partial charge in [0.1, 0.15) is 5.56 Å². The Hall–Kier alpha value is -3.24. The number of nitrogens with two attached hydrogens (primary N) is 1. The zero-order valence-electron chi connectivity index (χ0n) is 14.4. The van der Waals surface area contributed by atoms with E-state index >= 15 is 0 Å². The first-order valence-electron chi connectivity index (χ1n) is 8.01. The number of benzene rings is 2. The van der Waals surface area contributed by atoms with Crippen LogP contribution in [0.4, 0.5) is 13.2 Å². The van der Waals surface area contributed by atoms with Gasteiger partial charge in [0, 0.05) is 10.1 Å². The molecule has 1 aromatic heterocycles. The first-order valence-corrected chi connectivity index (χ1v) is 8.83. The van der Waals surface area contributed by atoms with E-state index in [1.807, 2.05) is 0 Å². The molecule has 3 rings (SSSR count). The lowest BCUT2D eigenvalue weighted by atomic mass is 9.97. The summed E-state index contributed by atoms with van der Waals surface area (Å²) >= 11 is 0.618. The lowest BCUT2D eigenvalue weighted by molar-refractivity contribution is -0.138. The largest absolute Gasteiger partial charge is 0.499 e. The van der Waals surface area contributed by atoms with Crippen LogP contribution >= 0.6 is 11.3 Å². The fraction of sp³-hybridized carbons (Fsp3) is 0.105. The second-order valence-corrected chi connectivity index (χ2v) is 7.08. The average Bonchev–Trinajstić information content (AvgIpc) is 2.66. The van der Waals surface area contributed by atoms with Crippen molar-refractivity contribution in [2.24, 2.45) is 5.73 Å². The number of aromatic hydroxyl groups is 1. The van der Waals surface area contributed by atoms with E-state index in [4.69, 9.17) is 10.8 Å². The van der Waals surface area contributed by atoms with Crippen LogP contribution in [0.2, 0.25) is 0 Å². The van der Waals surface area contributed by atoms with Gasteiger partial charge in [-0.2, -0.15) is 13.2 Å². The van der Waals surface area contributed by atoms with Gasteiger partial charge in [0.05, 0.1) is 5.56 Å². The van der Waals surface area contributed by atoms with Crippen molar-refractivity contribution >= 4 is 33.2 Å². The summed E-state index contributed by atoms with van der Waals surface area (Å²) < 4.78 is 40.1. The summed E-state index contributed by atoms with van der Waals surface area (Å²) in [6.07, 6.45) is -4.63. The number of aliphatic carboxylic acids is 1. The van der Waals surface area contributed by atoms with Crippen LogP contribution < -0.4 is 11.2 Å². The van der Waals surface area contributed by atoms with Crippen LogP contribution in [-0.2, 0) is 11.0 Å². The number of carboxylic acids is 1. The van der Waals surface area contributed by atoms with E-state index < -0.39 is 45.6 Å². The highest BCUT2D eigenvalue weighted by Crippen LogP contribution is 2.38. The summed E-state index contributed by atoms with van der Waals surface area (Å²) in [6, 6.07) is 6.59. The summed E-state index contributed by atoms with van der Waals surface area (Å²) in [5.41, 5.74) is 2.42. The van der Waals surface area contributed by atoms with E-state index in [1.165, 1.54) is 36.4 Å². The summed E-state index contributed by atoms with van der Waals surface area (Å²) in [5, 5.41) is 18.1. The Bertz CT molecular complexity index is 1200. The Morgan fingerprint density at radius 1 is 1.10 bits per heavy atom. The molecule has 0 saturated heterocycles. The van der Waals surface area contributed by atoms with Crippen LogP contribution in [0.5, 0.6) is 5.06 Å². The van der Waals surface area contributed by atoms with E-state index in [9.17, 15) is 32.7 Å².